The number of nitriles is 1. The third kappa shape index (κ3) is 3.27. The number of alkyl halides is 3. The summed E-state index contributed by atoms with van der Waals surface area (Å²) in [4.78, 5) is 12.5. The summed E-state index contributed by atoms with van der Waals surface area (Å²) in [7, 11) is 0. The second-order valence-corrected chi connectivity index (χ2v) is 4.93. The predicted octanol–water partition coefficient (Wildman–Crippen LogP) is 3.02. The van der Waals surface area contributed by atoms with Crippen molar-refractivity contribution in [3.63, 3.8) is 0 Å². The zero-order valence-electron chi connectivity index (χ0n) is 11.0. The lowest BCUT2D eigenvalue weighted by atomic mass is 10.1. The number of hydrogen-bond acceptors (Lipinski definition) is 3. The van der Waals surface area contributed by atoms with Crippen LogP contribution in [0.25, 0.3) is 0 Å². The Kier molecular flexibility index (Phi) is 4.07. The van der Waals surface area contributed by atoms with Crippen LogP contribution in [0.1, 0.15) is 30.4 Å². The van der Waals surface area contributed by atoms with E-state index in [9.17, 15) is 18.0 Å². The molecule has 2 rings (SSSR count). The molecule has 0 saturated carbocycles. The number of rotatable bonds is 3. The Balaban J connectivity index is 2.35. The zero-order valence-corrected chi connectivity index (χ0v) is 11.0. The number of benzene rings is 1. The number of carbonyl (C=O) groups is 1. The van der Waals surface area contributed by atoms with Crippen molar-refractivity contribution in [2.45, 2.75) is 31.5 Å². The van der Waals surface area contributed by atoms with Crippen molar-refractivity contribution < 1.29 is 23.1 Å². The molecular weight excluding hydrogens is 285 g/mol. The van der Waals surface area contributed by atoms with Gasteiger partial charge in [-0.25, -0.2) is 0 Å². The summed E-state index contributed by atoms with van der Waals surface area (Å²) in [5.74, 6) is -0.961. The van der Waals surface area contributed by atoms with Crippen LogP contribution in [0, 0.1) is 11.3 Å². The fourth-order valence-corrected chi connectivity index (χ4v) is 2.62. The van der Waals surface area contributed by atoms with Gasteiger partial charge in [0, 0.05) is 12.6 Å². The molecule has 21 heavy (non-hydrogen) atoms. The molecule has 4 nitrogen and oxygen atoms in total. The summed E-state index contributed by atoms with van der Waals surface area (Å²) in [5, 5.41) is 18.0. The number of carboxylic acids is 1. The highest BCUT2D eigenvalue weighted by Gasteiger charge is 2.33. The summed E-state index contributed by atoms with van der Waals surface area (Å²) < 4.78 is 38.0. The van der Waals surface area contributed by atoms with E-state index in [0.29, 0.717) is 18.7 Å². The molecule has 1 aromatic carbocycles. The second-order valence-electron chi connectivity index (χ2n) is 4.93. The van der Waals surface area contributed by atoms with Gasteiger partial charge in [0.15, 0.2) is 0 Å². The van der Waals surface area contributed by atoms with Crippen LogP contribution in [-0.2, 0) is 11.0 Å². The molecule has 1 aromatic rings. The van der Waals surface area contributed by atoms with Crippen molar-refractivity contribution in [2.24, 2.45) is 0 Å². The van der Waals surface area contributed by atoms with E-state index in [4.69, 9.17) is 10.4 Å². The van der Waals surface area contributed by atoms with Gasteiger partial charge in [-0.1, -0.05) is 0 Å². The minimum Gasteiger partial charge on any atom is -0.481 e. The van der Waals surface area contributed by atoms with Gasteiger partial charge in [-0.15, -0.1) is 0 Å². The van der Waals surface area contributed by atoms with Crippen LogP contribution in [0.3, 0.4) is 0 Å². The van der Waals surface area contributed by atoms with Crippen molar-refractivity contribution in [1.82, 2.24) is 0 Å². The average molecular weight is 298 g/mol. The van der Waals surface area contributed by atoms with Crippen LogP contribution in [0.5, 0.6) is 0 Å². The lowest BCUT2D eigenvalue weighted by Gasteiger charge is -2.27. The SMILES string of the molecule is N#Cc1cc(C(F)(F)F)ccc1N1CCCC1CC(=O)O. The molecule has 1 fully saturated rings. The standard InChI is InChI=1S/C14H13F3N2O2/c15-14(16,17)10-3-4-12(9(6-10)8-18)19-5-1-2-11(19)7-13(20)21/h3-4,6,11H,1-2,5,7H2,(H,20,21). The topological polar surface area (TPSA) is 64.3 Å². The van der Waals surface area contributed by atoms with Gasteiger partial charge in [-0.3, -0.25) is 4.79 Å². The van der Waals surface area contributed by atoms with Crippen molar-refractivity contribution in [2.75, 3.05) is 11.4 Å². The molecule has 0 aliphatic carbocycles. The fraction of sp³-hybridized carbons (Fsp3) is 0.429. The van der Waals surface area contributed by atoms with Crippen molar-refractivity contribution in [3.8, 4) is 6.07 Å². The Hall–Kier alpha value is -2.23. The Labute approximate surface area is 119 Å². The van der Waals surface area contributed by atoms with E-state index in [0.717, 1.165) is 18.6 Å². The van der Waals surface area contributed by atoms with Crippen LogP contribution in [-0.4, -0.2) is 23.7 Å². The molecule has 1 aliphatic rings. The molecular formula is C14H13F3N2O2. The number of carboxylic acid groups (broad SMARTS) is 1. The Morgan fingerprint density at radius 1 is 1.48 bits per heavy atom. The summed E-state index contributed by atoms with van der Waals surface area (Å²) in [5.41, 5.74) is -0.590. The van der Waals surface area contributed by atoms with Crippen LogP contribution in [0.2, 0.25) is 0 Å². The molecule has 1 N–H and O–H groups in total. The molecule has 1 atom stereocenters. The van der Waals surface area contributed by atoms with E-state index >= 15 is 0 Å². The largest absolute Gasteiger partial charge is 0.481 e. The molecule has 0 radical (unpaired) electrons. The molecule has 7 heteroatoms. The molecule has 1 unspecified atom stereocenters. The van der Waals surface area contributed by atoms with Crippen molar-refractivity contribution >= 4 is 11.7 Å². The van der Waals surface area contributed by atoms with E-state index in [-0.39, 0.29) is 18.0 Å². The Morgan fingerprint density at radius 2 is 2.19 bits per heavy atom. The monoisotopic (exact) mass is 298 g/mol. The first-order valence-corrected chi connectivity index (χ1v) is 6.42. The minimum atomic E-state index is -4.50. The van der Waals surface area contributed by atoms with Crippen LogP contribution < -0.4 is 4.90 Å². The first-order valence-electron chi connectivity index (χ1n) is 6.42. The third-order valence-electron chi connectivity index (χ3n) is 3.54. The van der Waals surface area contributed by atoms with Gasteiger partial charge >= 0.3 is 12.1 Å². The van der Waals surface area contributed by atoms with Gasteiger partial charge in [0.2, 0.25) is 0 Å². The minimum absolute atomic E-state index is 0.0814. The van der Waals surface area contributed by atoms with Crippen molar-refractivity contribution in [1.29, 1.82) is 5.26 Å². The number of aliphatic carboxylic acids is 1. The molecule has 0 aromatic heterocycles. The van der Waals surface area contributed by atoms with E-state index < -0.39 is 17.7 Å². The maximum absolute atomic E-state index is 12.7. The highest BCUT2D eigenvalue weighted by molar-refractivity contribution is 5.70. The van der Waals surface area contributed by atoms with E-state index in [1.54, 1.807) is 11.0 Å². The Bertz CT molecular complexity index is 593. The molecule has 0 amide bonds. The second kappa shape index (κ2) is 5.64. The molecule has 0 spiro atoms. The quantitative estimate of drug-likeness (QED) is 0.931. The van der Waals surface area contributed by atoms with Gasteiger partial charge < -0.3 is 10.0 Å². The number of nitrogens with zero attached hydrogens (tertiary/aromatic N) is 2. The van der Waals surface area contributed by atoms with E-state index in [1.807, 2.05) is 0 Å². The summed E-state index contributed by atoms with van der Waals surface area (Å²) in [6.07, 6.45) is -3.19. The van der Waals surface area contributed by atoms with Gasteiger partial charge in [-0.2, -0.15) is 18.4 Å². The van der Waals surface area contributed by atoms with E-state index in [2.05, 4.69) is 0 Å². The normalized spacial score (nSPS) is 18.6. The van der Waals surface area contributed by atoms with Crippen LogP contribution >= 0.6 is 0 Å². The maximum atomic E-state index is 12.7. The smallest absolute Gasteiger partial charge is 0.416 e. The summed E-state index contributed by atoms with van der Waals surface area (Å²) in [6.45, 7) is 0.540. The van der Waals surface area contributed by atoms with Gasteiger partial charge in [0.05, 0.1) is 23.2 Å². The molecule has 1 aliphatic heterocycles. The van der Waals surface area contributed by atoms with Crippen molar-refractivity contribution in [3.05, 3.63) is 29.3 Å². The lowest BCUT2D eigenvalue weighted by Crippen LogP contribution is -2.31. The number of hydrogen-bond donors (Lipinski definition) is 1. The first kappa shape index (κ1) is 15.2. The lowest BCUT2D eigenvalue weighted by molar-refractivity contribution is -0.138. The fourth-order valence-electron chi connectivity index (χ4n) is 2.62. The third-order valence-corrected chi connectivity index (χ3v) is 3.54. The molecule has 0 bridgehead atoms. The molecule has 1 saturated heterocycles. The highest BCUT2D eigenvalue weighted by atomic mass is 19.4. The van der Waals surface area contributed by atoms with Gasteiger partial charge in [0.1, 0.15) is 6.07 Å². The number of anilines is 1. The van der Waals surface area contributed by atoms with E-state index in [1.165, 1.54) is 6.07 Å². The van der Waals surface area contributed by atoms with Gasteiger partial charge in [-0.05, 0) is 31.0 Å². The maximum Gasteiger partial charge on any atom is 0.416 e. The highest BCUT2D eigenvalue weighted by Crippen LogP contribution is 2.35. The first-order chi connectivity index (χ1) is 9.82. The zero-order chi connectivity index (χ0) is 15.6. The average Bonchev–Trinajstić information content (AvgIpc) is 2.84. The molecule has 1 heterocycles. The molecule has 112 valence electrons. The Morgan fingerprint density at radius 3 is 2.76 bits per heavy atom. The predicted molar refractivity (Wildman–Crippen MR) is 68.8 cm³/mol. The van der Waals surface area contributed by atoms with Gasteiger partial charge in [0.25, 0.3) is 0 Å². The summed E-state index contributed by atoms with van der Waals surface area (Å²) in [6, 6.07) is 4.47. The summed E-state index contributed by atoms with van der Waals surface area (Å²) >= 11 is 0. The van der Waals surface area contributed by atoms with Crippen LogP contribution in [0.15, 0.2) is 18.2 Å². The van der Waals surface area contributed by atoms with Crippen LogP contribution in [0.4, 0.5) is 18.9 Å². The number of halogens is 3.